The second kappa shape index (κ2) is 13.7. The number of fused-ring (bicyclic) bond motifs is 2. The number of pyridine rings is 1. The molecule has 0 aliphatic rings. The van der Waals surface area contributed by atoms with E-state index in [0.717, 1.165) is 5.56 Å². The molecule has 0 saturated carbocycles. The zero-order chi connectivity index (χ0) is 32.0. The zero-order valence-electron chi connectivity index (χ0n) is 25.1. The average molecular weight is 631 g/mol. The Hall–Kier alpha value is -5.09. The van der Waals surface area contributed by atoms with E-state index in [-0.39, 0.29) is 18.8 Å². The second-order valence-electron chi connectivity index (χ2n) is 9.64. The van der Waals surface area contributed by atoms with Crippen molar-refractivity contribution in [1.82, 2.24) is 24.6 Å². The highest BCUT2D eigenvalue weighted by Crippen LogP contribution is 2.48. The number of anilines is 3. The van der Waals surface area contributed by atoms with Gasteiger partial charge in [0.2, 0.25) is 11.8 Å². The largest absolute Gasteiger partial charge is 0.492 e. The van der Waals surface area contributed by atoms with E-state index in [4.69, 9.17) is 18.5 Å². The SMILES string of the molecule is CCOc1cc2ncc(C#N)c(Nc3ccc(Oc4cc5nncn5cn4)c(C)c3)c2cc1NC(=O)CP(=O)(OCC)OCC. The van der Waals surface area contributed by atoms with E-state index in [1.165, 1.54) is 6.20 Å². The number of amides is 1. The van der Waals surface area contributed by atoms with Crippen molar-refractivity contribution in [3.8, 4) is 23.4 Å². The molecular weight excluding hydrogens is 599 g/mol. The Bertz CT molecular complexity index is 1950. The summed E-state index contributed by atoms with van der Waals surface area (Å²) in [5, 5.41) is 24.4. The van der Waals surface area contributed by atoms with Crippen molar-refractivity contribution in [2.75, 3.05) is 36.6 Å². The molecule has 0 aliphatic heterocycles. The number of nitriles is 1. The molecule has 0 bridgehead atoms. The number of hydrogen-bond donors (Lipinski definition) is 2. The molecule has 3 heterocycles. The Labute approximate surface area is 258 Å². The highest BCUT2D eigenvalue weighted by molar-refractivity contribution is 7.54. The molecule has 1 amide bonds. The van der Waals surface area contributed by atoms with Gasteiger partial charge < -0.3 is 29.2 Å². The number of carbonyl (C=O) groups excluding carboxylic acids is 1. The first kappa shape index (κ1) is 31.3. The fourth-order valence-electron chi connectivity index (χ4n) is 4.56. The van der Waals surface area contributed by atoms with Crippen LogP contribution in [-0.4, -0.2) is 56.5 Å². The van der Waals surface area contributed by atoms with Gasteiger partial charge in [0.15, 0.2) is 5.65 Å². The van der Waals surface area contributed by atoms with Gasteiger partial charge in [0.05, 0.1) is 42.3 Å². The van der Waals surface area contributed by atoms with E-state index in [2.05, 4.69) is 36.9 Å². The maximum Gasteiger partial charge on any atom is 0.340 e. The molecule has 5 rings (SSSR count). The molecule has 0 spiro atoms. The number of aryl methyl sites for hydroxylation is 1. The van der Waals surface area contributed by atoms with E-state index >= 15 is 0 Å². The number of ether oxygens (including phenoxy) is 2. The number of aromatic nitrogens is 5. The third kappa shape index (κ3) is 7.18. The molecule has 15 heteroatoms. The second-order valence-corrected chi connectivity index (χ2v) is 11.7. The molecule has 5 aromatic rings. The number of nitrogens with zero attached hydrogens (tertiary/aromatic N) is 6. The minimum absolute atomic E-state index is 0.130. The fourth-order valence-corrected chi connectivity index (χ4v) is 6.04. The molecule has 0 aliphatic carbocycles. The summed E-state index contributed by atoms with van der Waals surface area (Å²) in [4.78, 5) is 21.7. The van der Waals surface area contributed by atoms with Crippen LogP contribution in [0.3, 0.4) is 0 Å². The lowest BCUT2D eigenvalue weighted by Crippen LogP contribution is -2.19. The molecule has 0 fully saturated rings. The third-order valence-electron chi connectivity index (χ3n) is 6.47. The van der Waals surface area contributed by atoms with E-state index in [0.29, 0.717) is 57.6 Å². The average Bonchev–Trinajstić information content (AvgIpc) is 3.47. The molecule has 0 unspecified atom stereocenters. The summed E-state index contributed by atoms with van der Waals surface area (Å²) >= 11 is 0. The summed E-state index contributed by atoms with van der Waals surface area (Å²) in [6.07, 6.45) is 4.11. The molecule has 2 aromatic carbocycles. The third-order valence-corrected chi connectivity index (χ3v) is 8.45. The minimum Gasteiger partial charge on any atom is -0.492 e. The van der Waals surface area contributed by atoms with Gasteiger partial charge in [0, 0.05) is 29.4 Å². The molecule has 232 valence electrons. The summed E-state index contributed by atoms with van der Waals surface area (Å²) in [5.74, 6) is 0.729. The lowest BCUT2D eigenvalue weighted by Gasteiger charge is -2.19. The van der Waals surface area contributed by atoms with Crippen LogP contribution in [0.1, 0.15) is 31.9 Å². The normalized spacial score (nSPS) is 11.4. The van der Waals surface area contributed by atoms with E-state index in [1.54, 1.807) is 55.2 Å². The fraction of sp³-hybridized carbons (Fsp3) is 0.267. The van der Waals surface area contributed by atoms with Gasteiger partial charge in [0.25, 0.3) is 0 Å². The van der Waals surface area contributed by atoms with Gasteiger partial charge in [-0.25, -0.2) is 4.98 Å². The first-order valence-corrected chi connectivity index (χ1v) is 15.9. The number of nitrogens with one attached hydrogen (secondary N) is 2. The van der Waals surface area contributed by atoms with Crippen LogP contribution in [0.4, 0.5) is 17.1 Å². The Morgan fingerprint density at radius 2 is 1.82 bits per heavy atom. The maximum absolute atomic E-state index is 13.0. The van der Waals surface area contributed by atoms with Crippen LogP contribution >= 0.6 is 7.60 Å². The van der Waals surface area contributed by atoms with E-state index in [1.807, 2.05) is 26.0 Å². The lowest BCUT2D eigenvalue weighted by atomic mass is 10.1. The van der Waals surface area contributed by atoms with Crippen molar-refractivity contribution in [2.24, 2.45) is 0 Å². The predicted molar refractivity (Wildman–Crippen MR) is 167 cm³/mol. The van der Waals surface area contributed by atoms with Gasteiger partial charge in [-0.3, -0.25) is 18.7 Å². The molecule has 3 aromatic heterocycles. The van der Waals surface area contributed by atoms with Crippen molar-refractivity contribution in [3.63, 3.8) is 0 Å². The van der Waals surface area contributed by atoms with Crippen molar-refractivity contribution in [3.05, 3.63) is 66.4 Å². The van der Waals surface area contributed by atoms with Crippen LogP contribution < -0.4 is 20.1 Å². The van der Waals surface area contributed by atoms with Crippen molar-refractivity contribution in [2.45, 2.75) is 27.7 Å². The number of carbonyl (C=O) groups is 1. The van der Waals surface area contributed by atoms with Crippen LogP contribution in [0.15, 0.2) is 55.2 Å². The lowest BCUT2D eigenvalue weighted by molar-refractivity contribution is -0.114. The number of rotatable bonds is 13. The molecule has 2 N–H and O–H groups in total. The smallest absolute Gasteiger partial charge is 0.340 e. The Morgan fingerprint density at radius 1 is 1.02 bits per heavy atom. The molecule has 45 heavy (non-hydrogen) atoms. The highest BCUT2D eigenvalue weighted by atomic mass is 31.2. The summed E-state index contributed by atoms with van der Waals surface area (Å²) < 4.78 is 37.0. The molecule has 0 radical (unpaired) electrons. The van der Waals surface area contributed by atoms with E-state index in [9.17, 15) is 14.6 Å². The van der Waals surface area contributed by atoms with Crippen LogP contribution in [0, 0.1) is 18.3 Å². The number of hydrogen-bond acceptors (Lipinski definition) is 12. The number of benzene rings is 2. The molecule has 0 atom stereocenters. The van der Waals surface area contributed by atoms with Crippen LogP contribution in [-0.2, 0) is 18.4 Å². The van der Waals surface area contributed by atoms with Crippen LogP contribution in [0.2, 0.25) is 0 Å². The summed E-state index contributed by atoms with van der Waals surface area (Å²) in [7, 11) is -3.64. The van der Waals surface area contributed by atoms with E-state index < -0.39 is 19.7 Å². The van der Waals surface area contributed by atoms with Crippen molar-refractivity contribution in [1.29, 1.82) is 5.26 Å². The van der Waals surface area contributed by atoms with Crippen molar-refractivity contribution >= 4 is 47.1 Å². The summed E-state index contributed by atoms with van der Waals surface area (Å²) in [6.45, 7) is 7.63. The predicted octanol–water partition coefficient (Wildman–Crippen LogP) is 5.99. The highest BCUT2D eigenvalue weighted by Gasteiger charge is 2.28. The first-order chi connectivity index (χ1) is 21.7. The van der Waals surface area contributed by atoms with Crippen LogP contribution in [0.5, 0.6) is 17.4 Å². The Kier molecular flexibility index (Phi) is 9.53. The van der Waals surface area contributed by atoms with Gasteiger partial charge in [-0.2, -0.15) is 5.26 Å². The first-order valence-electron chi connectivity index (χ1n) is 14.1. The zero-order valence-corrected chi connectivity index (χ0v) is 26.0. The van der Waals surface area contributed by atoms with Gasteiger partial charge >= 0.3 is 7.60 Å². The molecule has 0 saturated heterocycles. The summed E-state index contributed by atoms with van der Waals surface area (Å²) in [6, 6.07) is 12.7. The monoisotopic (exact) mass is 630 g/mol. The van der Waals surface area contributed by atoms with Crippen LogP contribution in [0.25, 0.3) is 16.6 Å². The van der Waals surface area contributed by atoms with Gasteiger partial charge in [-0.05, 0) is 57.5 Å². The Balaban J connectivity index is 1.45. The van der Waals surface area contributed by atoms with Crippen molar-refractivity contribution < 1.29 is 27.9 Å². The topological polar surface area (TPSA) is 175 Å². The molecular formula is C30H31N8O6P. The Morgan fingerprint density at radius 3 is 2.53 bits per heavy atom. The minimum atomic E-state index is -3.64. The standard InChI is InChI=1S/C30H31N8O6P/c1-5-41-26-12-23-22(11-24(26)36-28(39)16-45(40,42-6-2)43-7-3)30(20(14-31)15-32-23)35-21-8-9-25(19(4)10-21)44-29-13-27-37-34-18-38(27)17-33-29/h8-13,15,17-18H,5-7,16H2,1-4H3,(H,32,35)(H,36,39). The summed E-state index contributed by atoms with van der Waals surface area (Å²) in [5.41, 5.74) is 3.68. The van der Waals surface area contributed by atoms with Gasteiger partial charge in [-0.1, -0.05) is 0 Å². The maximum atomic E-state index is 13.0. The quantitative estimate of drug-likeness (QED) is 0.146. The van der Waals surface area contributed by atoms with Gasteiger partial charge in [-0.15, -0.1) is 10.2 Å². The van der Waals surface area contributed by atoms with Gasteiger partial charge in [0.1, 0.15) is 36.4 Å². The molecule has 14 nitrogen and oxygen atoms in total.